The SMILES string of the molecule is COc1cccc(NCc2nnc(SC(C)C(=O)Nc3ccccc3)n2C2CCCCC2)c1. The third-order valence-corrected chi connectivity index (χ3v) is 6.94. The molecule has 1 saturated carbocycles. The summed E-state index contributed by atoms with van der Waals surface area (Å²) in [6.45, 7) is 2.47. The molecule has 0 bridgehead atoms. The van der Waals surface area contributed by atoms with Crippen LogP contribution in [0.25, 0.3) is 0 Å². The summed E-state index contributed by atoms with van der Waals surface area (Å²) in [5.74, 6) is 1.66. The molecule has 1 atom stereocenters. The van der Waals surface area contributed by atoms with Gasteiger partial charge < -0.3 is 19.9 Å². The number of aromatic nitrogens is 3. The van der Waals surface area contributed by atoms with Crippen molar-refractivity contribution in [2.24, 2.45) is 0 Å². The Bertz CT molecular complexity index is 1050. The fourth-order valence-corrected chi connectivity index (χ4v) is 5.04. The van der Waals surface area contributed by atoms with Crippen molar-refractivity contribution in [2.75, 3.05) is 17.7 Å². The topological polar surface area (TPSA) is 81.1 Å². The molecule has 1 aromatic heterocycles. The van der Waals surface area contributed by atoms with Crippen LogP contribution < -0.4 is 15.4 Å². The second-order valence-corrected chi connectivity index (χ2v) is 9.57. The first kappa shape index (κ1) is 23.2. The summed E-state index contributed by atoms with van der Waals surface area (Å²) >= 11 is 1.47. The van der Waals surface area contributed by atoms with E-state index in [-0.39, 0.29) is 11.2 Å². The number of thioether (sulfide) groups is 1. The van der Waals surface area contributed by atoms with Crippen LogP contribution in [0.15, 0.2) is 59.8 Å². The highest BCUT2D eigenvalue weighted by Crippen LogP contribution is 2.34. The number of nitrogens with one attached hydrogen (secondary N) is 2. The van der Waals surface area contributed by atoms with Gasteiger partial charge in [-0.2, -0.15) is 0 Å². The summed E-state index contributed by atoms with van der Waals surface area (Å²) in [5.41, 5.74) is 1.77. The predicted molar refractivity (Wildman–Crippen MR) is 133 cm³/mol. The minimum Gasteiger partial charge on any atom is -0.497 e. The van der Waals surface area contributed by atoms with Gasteiger partial charge in [-0.1, -0.05) is 55.3 Å². The van der Waals surface area contributed by atoms with Crippen molar-refractivity contribution < 1.29 is 9.53 Å². The number of anilines is 2. The Morgan fingerprint density at radius 1 is 1.09 bits per heavy atom. The Morgan fingerprint density at radius 3 is 2.61 bits per heavy atom. The summed E-state index contributed by atoms with van der Waals surface area (Å²) in [6.07, 6.45) is 5.92. The second-order valence-electron chi connectivity index (χ2n) is 8.26. The number of methoxy groups -OCH3 is 1. The van der Waals surface area contributed by atoms with Crippen molar-refractivity contribution in [1.29, 1.82) is 0 Å². The lowest BCUT2D eigenvalue weighted by molar-refractivity contribution is -0.115. The van der Waals surface area contributed by atoms with E-state index in [1.165, 1.54) is 31.0 Å². The van der Waals surface area contributed by atoms with Gasteiger partial charge in [-0.25, -0.2) is 0 Å². The van der Waals surface area contributed by atoms with E-state index in [1.807, 2.05) is 61.5 Å². The van der Waals surface area contributed by atoms with E-state index in [9.17, 15) is 4.79 Å². The lowest BCUT2D eigenvalue weighted by atomic mass is 9.95. The Kier molecular flexibility index (Phi) is 7.88. The van der Waals surface area contributed by atoms with Crippen molar-refractivity contribution in [1.82, 2.24) is 14.8 Å². The van der Waals surface area contributed by atoms with Gasteiger partial charge in [0.2, 0.25) is 5.91 Å². The maximum Gasteiger partial charge on any atom is 0.237 e. The maximum atomic E-state index is 12.8. The molecule has 0 aliphatic heterocycles. The zero-order chi connectivity index (χ0) is 23.0. The Labute approximate surface area is 199 Å². The van der Waals surface area contributed by atoms with Crippen LogP contribution in [-0.4, -0.2) is 33.0 Å². The molecular formula is C25H31N5O2S. The number of hydrogen-bond acceptors (Lipinski definition) is 6. The second kappa shape index (κ2) is 11.2. The van der Waals surface area contributed by atoms with Gasteiger partial charge in [0.05, 0.1) is 18.9 Å². The zero-order valence-corrected chi connectivity index (χ0v) is 20.0. The van der Waals surface area contributed by atoms with Gasteiger partial charge in [0.25, 0.3) is 0 Å². The highest BCUT2D eigenvalue weighted by Gasteiger charge is 2.26. The molecule has 0 radical (unpaired) electrons. The van der Waals surface area contributed by atoms with E-state index in [0.29, 0.717) is 12.6 Å². The quantitative estimate of drug-likeness (QED) is 0.405. The van der Waals surface area contributed by atoms with Crippen LogP contribution in [0.2, 0.25) is 0 Å². The Hall–Kier alpha value is -3.00. The number of amides is 1. The first-order valence-electron chi connectivity index (χ1n) is 11.5. The molecule has 7 nitrogen and oxygen atoms in total. The molecule has 8 heteroatoms. The van der Waals surface area contributed by atoms with E-state index in [0.717, 1.165) is 40.9 Å². The molecule has 1 amide bonds. The van der Waals surface area contributed by atoms with Crippen LogP contribution in [0.4, 0.5) is 11.4 Å². The lowest BCUT2D eigenvalue weighted by Crippen LogP contribution is -2.24. The van der Waals surface area contributed by atoms with Crippen molar-refractivity contribution in [3.8, 4) is 5.75 Å². The smallest absolute Gasteiger partial charge is 0.237 e. The summed E-state index contributed by atoms with van der Waals surface area (Å²) < 4.78 is 7.58. The van der Waals surface area contributed by atoms with Gasteiger partial charge in [0.1, 0.15) is 5.75 Å². The zero-order valence-electron chi connectivity index (χ0n) is 19.2. The molecule has 33 heavy (non-hydrogen) atoms. The van der Waals surface area contributed by atoms with E-state index >= 15 is 0 Å². The number of para-hydroxylation sites is 1. The van der Waals surface area contributed by atoms with Crippen LogP contribution in [0, 0.1) is 0 Å². The number of benzene rings is 2. The largest absolute Gasteiger partial charge is 0.497 e. The summed E-state index contributed by atoms with van der Waals surface area (Å²) in [7, 11) is 1.66. The molecule has 1 aliphatic carbocycles. The third kappa shape index (κ3) is 6.07. The van der Waals surface area contributed by atoms with E-state index in [1.54, 1.807) is 7.11 Å². The lowest BCUT2D eigenvalue weighted by Gasteiger charge is -2.26. The number of carbonyl (C=O) groups is 1. The summed E-state index contributed by atoms with van der Waals surface area (Å²) in [4.78, 5) is 12.8. The minimum absolute atomic E-state index is 0.0413. The molecule has 0 saturated heterocycles. The number of rotatable bonds is 9. The molecule has 1 fully saturated rings. The van der Waals surface area contributed by atoms with Gasteiger partial charge in [0, 0.05) is 23.5 Å². The van der Waals surface area contributed by atoms with Crippen LogP contribution in [0.3, 0.4) is 0 Å². The molecule has 2 aromatic carbocycles. The monoisotopic (exact) mass is 465 g/mol. The standard InChI is InChI=1S/C25H31N5O2S/c1-18(24(31)27-19-10-5-3-6-11-19)33-25-29-28-23(30(25)21-13-7-4-8-14-21)17-26-20-12-9-15-22(16-20)32-2/h3,5-6,9-12,15-16,18,21,26H,4,7-8,13-14,17H2,1-2H3,(H,27,31). The number of hydrogen-bond donors (Lipinski definition) is 2. The molecule has 3 aromatic rings. The van der Waals surface area contributed by atoms with Gasteiger partial charge in [-0.05, 0) is 44.0 Å². The Morgan fingerprint density at radius 2 is 1.85 bits per heavy atom. The summed E-state index contributed by atoms with van der Waals surface area (Å²) in [5, 5.41) is 15.9. The molecule has 2 N–H and O–H groups in total. The first-order valence-corrected chi connectivity index (χ1v) is 12.4. The first-order chi connectivity index (χ1) is 16.1. The van der Waals surface area contributed by atoms with Crippen molar-refractivity contribution >= 4 is 29.0 Å². The number of ether oxygens (including phenoxy) is 1. The fourth-order valence-electron chi connectivity index (χ4n) is 4.11. The number of carbonyl (C=O) groups excluding carboxylic acids is 1. The van der Waals surface area contributed by atoms with E-state index in [4.69, 9.17) is 4.74 Å². The van der Waals surface area contributed by atoms with Crippen LogP contribution in [0.5, 0.6) is 5.75 Å². The highest BCUT2D eigenvalue weighted by molar-refractivity contribution is 8.00. The van der Waals surface area contributed by atoms with Crippen LogP contribution in [0.1, 0.15) is 50.9 Å². The molecule has 174 valence electrons. The summed E-state index contributed by atoms with van der Waals surface area (Å²) in [6, 6.07) is 17.8. The van der Waals surface area contributed by atoms with Gasteiger partial charge >= 0.3 is 0 Å². The average Bonchev–Trinajstić information content (AvgIpc) is 3.26. The van der Waals surface area contributed by atoms with Gasteiger partial charge in [-0.3, -0.25) is 4.79 Å². The molecule has 4 rings (SSSR count). The number of nitrogens with zero attached hydrogens (tertiary/aromatic N) is 3. The van der Waals surface area contributed by atoms with Crippen LogP contribution >= 0.6 is 11.8 Å². The predicted octanol–water partition coefficient (Wildman–Crippen LogP) is 5.52. The van der Waals surface area contributed by atoms with Gasteiger partial charge in [0.15, 0.2) is 11.0 Å². The fraction of sp³-hybridized carbons (Fsp3) is 0.400. The van der Waals surface area contributed by atoms with E-state index < -0.39 is 0 Å². The Balaban J connectivity index is 1.49. The molecule has 1 aliphatic rings. The third-order valence-electron chi connectivity index (χ3n) is 5.89. The maximum absolute atomic E-state index is 12.8. The normalized spacial score (nSPS) is 15.1. The van der Waals surface area contributed by atoms with Crippen LogP contribution in [-0.2, 0) is 11.3 Å². The molecule has 1 heterocycles. The minimum atomic E-state index is -0.295. The molecule has 1 unspecified atom stereocenters. The van der Waals surface area contributed by atoms with Crippen molar-refractivity contribution in [3.63, 3.8) is 0 Å². The van der Waals surface area contributed by atoms with E-state index in [2.05, 4.69) is 25.4 Å². The van der Waals surface area contributed by atoms with Crippen molar-refractivity contribution in [2.45, 2.75) is 62.0 Å². The highest BCUT2D eigenvalue weighted by atomic mass is 32.2. The van der Waals surface area contributed by atoms with Gasteiger partial charge in [-0.15, -0.1) is 10.2 Å². The molecule has 0 spiro atoms. The average molecular weight is 466 g/mol. The molecular weight excluding hydrogens is 434 g/mol. The van der Waals surface area contributed by atoms with Crippen molar-refractivity contribution in [3.05, 3.63) is 60.4 Å².